The summed E-state index contributed by atoms with van der Waals surface area (Å²) in [5.74, 6) is -3.53. The highest BCUT2D eigenvalue weighted by molar-refractivity contribution is 5.80. The van der Waals surface area contributed by atoms with Crippen LogP contribution in [0.5, 0.6) is 0 Å². The lowest BCUT2D eigenvalue weighted by Crippen LogP contribution is -2.33. The summed E-state index contributed by atoms with van der Waals surface area (Å²) in [6.45, 7) is 4.03. The lowest BCUT2D eigenvalue weighted by atomic mass is 9.76. The lowest BCUT2D eigenvalue weighted by Gasteiger charge is -2.27. The van der Waals surface area contributed by atoms with Gasteiger partial charge in [0.1, 0.15) is 0 Å². The molecule has 0 heterocycles. The molecule has 1 aliphatic carbocycles. The molecule has 0 spiro atoms. The van der Waals surface area contributed by atoms with Gasteiger partial charge >= 0.3 is 11.9 Å². The molecule has 2 atom stereocenters. The summed E-state index contributed by atoms with van der Waals surface area (Å²) >= 11 is 0. The van der Waals surface area contributed by atoms with Crippen LogP contribution in [0.4, 0.5) is 0 Å². The summed E-state index contributed by atoms with van der Waals surface area (Å²) in [5, 5.41) is 18.1. The van der Waals surface area contributed by atoms with E-state index >= 15 is 0 Å². The molecule has 1 aliphatic rings. The summed E-state index contributed by atoms with van der Waals surface area (Å²) in [5.41, 5.74) is 2.29. The predicted octanol–water partition coefficient (Wildman–Crippen LogP) is 2.85. The van der Waals surface area contributed by atoms with Crippen LogP contribution in [0.25, 0.3) is 0 Å². The van der Waals surface area contributed by atoms with Crippen molar-refractivity contribution in [1.29, 1.82) is 0 Å². The Hall–Kier alpha value is -1.58. The van der Waals surface area contributed by atoms with Crippen molar-refractivity contribution >= 4 is 11.9 Å². The second-order valence-corrected chi connectivity index (χ2v) is 5.01. The Labute approximate surface area is 107 Å². The molecule has 0 unspecified atom stereocenters. The van der Waals surface area contributed by atoms with Crippen molar-refractivity contribution in [2.24, 2.45) is 11.8 Å². The summed E-state index contributed by atoms with van der Waals surface area (Å²) in [4.78, 5) is 22.1. The van der Waals surface area contributed by atoms with E-state index in [9.17, 15) is 9.59 Å². The Kier molecular flexibility index (Phi) is 5.13. The topological polar surface area (TPSA) is 74.6 Å². The molecule has 18 heavy (non-hydrogen) atoms. The fourth-order valence-corrected chi connectivity index (χ4v) is 2.27. The maximum Gasteiger partial charge on any atom is 0.307 e. The van der Waals surface area contributed by atoms with Gasteiger partial charge in [0.05, 0.1) is 11.8 Å². The number of carboxylic acid groups (broad SMARTS) is 2. The Morgan fingerprint density at radius 2 is 1.83 bits per heavy atom. The van der Waals surface area contributed by atoms with Gasteiger partial charge < -0.3 is 10.2 Å². The van der Waals surface area contributed by atoms with Crippen LogP contribution in [-0.2, 0) is 9.59 Å². The van der Waals surface area contributed by atoms with Gasteiger partial charge in [-0.2, -0.15) is 0 Å². The second kappa shape index (κ2) is 6.38. The molecular formula is C14H20O4. The lowest BCUT2D eigenvalue weighted by molar-refractivity contribution is -0.154. The summed E-state index contributed by atoms with van der Waals surface area (Å²) in [7, 11) is 0. The molecule has 1 rings (SSSR count). The third-order valence-corrected chi connectivity index (χ3v) is 3.31. The van der Waals surface area contributed by atoms with E-state index in [0.717, 1.165) is 12.0 Å². The number of allylic oxidation sites excluding steroid dienone is 4. The molecule has 1 fully saturated rings. The highest BCUT2D eigenvalue weighted by Crippen LogP contribution is 2.34. The first-order valence-electron chi connectivity index (χ1n) is 6.18. The predicted molar refractivity (Wildman–Crippen MR) is 68.2 cm³/mol. The average molecular weight is 252 g/mol. The highest BCUT2D eigenvalue weighted by atomic mass is 16.4. The standard InChI is InChI=1S/C14H20O4/c1-9(2)4-3-5-10-6-7-11(13(15)16)12(8-10)14(17)18/h4-5,11-12H,3,6-8H2,1-2H3,(H,15,16)(H,17,18)/b10-5+/t11-,12+/m1/s1. The number of hydrogen-bond donors (Lipinski definition) is 2. The van der Waals surface area contributed by atoms with E-state index in [1.807, 2.05) is 19.9 Å². The molecule has 2 N–H and O–H groups in total. The van der Waals surface area contributed by atoms with Gasteiger partial charge in [0.15, 0.2) is 0 Å². The minimum atomic E-state index is -1.00. The molecule has 0 aliphatic heterocycles. The zero-order valence-corrected chi connectivity index (χ0v) is 10.8. The number of carbonyl (C=O) groups is 2. The van der Waals surface area contributed by atoms with Crippen molar-refractivity contribution in [3.05, 3.63) is 23.3 Å². The van der Waals surface area contributed by atoms with Gasteiger partial charge in [0, 0.05) is 0 Å². The number of carboxylic acids is 2. The Balaban J connectivity index is 2.71. The minimum absolute atomic E-state index is 0.364. The van der Waals surface area contributed by atoms with Crippen LogP contribution < -0.4 is 0 Å². The maximum absolute atomic E-state index is 11.1. The van der Waals surface area contributed by atoms with E-state index in [4.69, 9.17) is 10.2 Å². The van der Waals surface area contributed by atoms with Gasteiger partial charge in [0.25, 0.3) is 0 Å². The van der Waals surface area contributed by atoms with Gasteiger partial charge in [-0.25, -0.2) is 0 Å². The number of hydrogen-bond acceptors (Lipinski definition) is 2. The molecule has 0 radical (unpaired) electrons. The van der Waals surface area contributed by atoms with E-state index in [-0.39, 0.29) is 0 Å². The zero-order valence-electron chi connectivity index (χ0n) is 10.8. The van der Waals surface area contributed by atoms with Crippen molar-refractivity contribution < 1.29 is 19.8 Å². The van der Waals surface area contributed by atoms with Crippen LogP contribution in [0.2, 0.25) is 0 Å². The molecule has 0 aromatic carbocycles. The molecule has 4 nitrogen and oxygen atoms in total. The number of aliphatic carboxylic acids is 2. The SMILES string of the molecule is CC(C)=CC/C=C1\CC[C@@H](C(=O)O)[C@@H](C(=O)O)C1. The van der Waals surface area contributed by atoms with Crippen LogP contribution in [0.3, 0.4) is 0 Å². The van der Waals surface area contributed by atoms with E-state index in [2.05, 4.69) is 6.08 Å². The highest BCUT2D eigenvalue weighted by Gasteiger charge is 2.37. The van der Waals surface area contributed by atoms with Crippen LogP contribution in [0.1, 0.15) is 39.5 Å². The van der Waals surface area contributed by atoms with Gasteiger partial charge in [-0.3, -0.25) is 9.59 Å². The van der Waals surface area contributed by atoms with Gasteiger partial charge in [0.2, 0.25) is 0 Å². The summed E-state index contributed by atoms with van der Waals surface area (Å²) in [6, 6.07) is 0. The fraction of sp³-hybridized carbons (Fsp3) is 0.571. The van der Waals surface area contributed by atoms with Crippen LogP contribution in [0, 0.1) is 11.8 Å². The smallest absolute Gasteiger partial charge is 0.307 e. The molecule has 4 heteroatoms. The second-order valence-electron chi connectivity index (χ2n) is 5.01. The normalized spacial score (nSPS) is 25.8. The van der Waals surface area contributed by atoms with Crippen molar-refractivity contribution in [3.8, 4) is 0 Å². The van der Waals surface area contributed by atoms with Crippen molar-refractivity contribution in [1.82, 2.24) is 0 Å². The molecule has 0 amide bonds. The Bertz CT molecular complexity index is 389. The van der Waals surface area contributed by atoms with E-state index in [1.54, 1.807) is 0 Å². The number of rotatable bonds is 4. The first-order valence-corrected chi connectivity index (χ1v) is 6.18. The monoisotopic (exact) mass is 252 g/mol. The van der Waals surface area contributed by atoms with Crippen molar-refractivity contribution in [2.45, 2.75) is 39.5 Å². The third kappa shape index (κ3) is 4.02. The van der Waals surface area contributed by atoms with E-state index in [1.165, 1.54) is 5.57 Å². The zero-order chi connectivity index (χ0) is 13.7. The minimum Gasteiger partial charge on any atom is -0.481 e. The molecule has 100 valence electrons. The summed E-state index contributed by atoms with van der Waals surface area (Å²) < 4.78 is 0. The van der Waals surface area contributed by atoms with Gasteiger partial charge in [-0.1, -0.05) is 23.3 Å². The molecule has 0 saturated heterocycles. The van der Waals surface area contributed by atoms with E-state index < -0.39 is 23.8 Å². The summed E-state index contributed by atoms with van der Waals surface area (Å²) in [6.07, 6.45) is 6.38. The third-order valence-electron chi connectivity index (χ3n) is 3.31. The molecule has 0 aromatic heterocycles. The van der Waals surface area contributed by atoms with Crippen LogP contribution >= 0.6 is 0 Å². The van der Waals surface area contributed by atoms with E-state index in [0.29, 0.717) is 19.3 Å². The fourth-order valence-electron chi connectivity index (χ4n) is 2.27. The quantitative estimate of drug-likeness (QED) is 0.754. The first kappa shape index (κ1) is 14.5. The van der Waals surface area contributed by atoms with Crippen molar-refractivity contribution in [3.63, 3.8) is 0 Å². The molecular weight excluding hydrogens is 232 g/mol. The van der Waals surface area contributed by atoms with Crippen molar-refractivity contribution in [2.75, 3.05) is 0 Å². The Morgan fingerprint density at radius 3 is 2.33 bits per heavy atom. The van der Waals surface area contributed by atoms with Gasteiger partial charge in [-0.15, -0.1) is 0 Å². The molecule has 0 bridgehead atoms. The van der Waals surface area contributed by atoms with Gasteiger partial charge in [-0.05, 0) is 39.5 Å². The molecule has 1 saturated carbocycles. The maximum atomic E-state index is 11.1. The molecule has 0 aromatic rings. The largest absolute Gasteiger partial charge is 0.481 e. The van der Waals surface area contributed by atoms with Crippen LogP contribution in [0.15, 0.2) is 23.3 Å². The van der Waals surface area contributed by atoms with Crippen LogP contribution in [-0.4, -0.2) is 22.2 Å². The average Bonchev–Trinajstić information content (AvgIpc) is 2.28. The first-order chi connectivity index (χ1) is 8.41. The Morgan fingerprint density at radius 1 is 1.22 bits per heavy atom.